The van der Waals surface area contributed by atoms with Crippen LogP contribution in [0.4, 0.5) is 17.8 Å². The summed E-state index contributed by atoms with van der Waals surface area (Å²) in [6.07, 6.45) is 2.08. The lowest BCUT2D eigenvalue weighted by Gasteiger charge is -2.27. The van der Waals surface area contributed by atoms with Crippen LogP contribution in [0.1, 0.15) is 13.8 Å². The molecule has 1 saturated heterocycles. The van der Waals surface area contributed by atoms with E-state index in [-0.39, 0.29) is 4.75 Å². The predicted molar refractivity (Wildman–Crippen MR) is 86.8 cm³/mol. The molecule has 0 bridgehead atoms. The maximum absolute atomic E-state index is 5.45. The van der Waals surface area contributed by atoms with Crippen molar-refractivity contribution in [2.24, 2.45) is 5.84 Å². The summed E-state index contributed by atoms with van der Waals surface area (Å²) in [5.74, 6) is 6.95. The molecule has 2 rings (SSSR count). The van der Waals surface area contributed by atoms with Crippen molar-refractivity contribution in [3.63, 3.8) is 0 Å². The number of hydrazine groups is 1. The molecule has 8 nitrogen and oxygen atoms in total. The molecule has 1 aliphatic rings. The number of anilines is 3. The zero-order chi connectivity index (χ0) is 15.3. The number of rotatable bonds is 6. The Labute approximate surface area is 129 Å². The van der Waals surface area contributed by atoms with Crippen LogP contribution >= 0.6 is 11.8 Å². The van der Waals surface area contributed by atoms with Crippen LogP contribution in [0.2, 0.25) is 0 Å². The monoisotopic (exact) mass is 313 g/mol. The maximum Gasteiger partial charge on any atom is 0.243 e. The lowest BCUT2D eigenvalue weighted by molar-refractivity contribution is 0.122. The van der Waals surface area contributed by atoms with Gasteiger partial charge >= 0.3 is 0 Å². The summed E-state index contributed by atoms with van der Waals surface area (Å²) in [7, 11) is 0. The summed E-state index contributed by atoms with van der Waals surface area (Å²) in [6, 6.07) is 0. The molecular weight excluding hydrogens is 290 g/mol. The Balaban J connectivity index is 2.13. The number of aromatic nitrogens is 3. The number of nitrogen functional groups attached to an aromatic ring is 1. The largest absolute Gasteiger partial charge is 0.378 e. The third-order valence-corrected chi connectivity index (χ3v) is 4.52. The van der Waals surface area contributed by atoms with E-state index >= 15 is 0 Å². The van der Waals surface area contributed by atoms with Gasteiger partial charge in [0.1, 0.15) is 0 Å². The average Bonchev–Trinajstić information content (AvgIpc) is 2.53. The Bertz CT molecular complexity index is 465. The molecular formula is C12H23N7OS. The highest BCUT2D eigenvalue weighted by atomic mass is 32.2. The van der Waals surface area contributed by atoms with Crippen molar-refractivity contribution in [2.75, 3.05) is 54.7 Å². The maximum atomic E-state index is 5.45. The minimum Gasteiger partial charge on any atom is -0.378 e. The molecule has 9 heteroatoms. The number of hydrogen-bond acceptors (Lipinski definition) is 9. The Hall–Kier alpha value is -1.32. The van der Waals surface area contributed by atoms with Crippen molar-refractivity contribution in [2.45, 2.75) is 18.6 Å². The quantitative estimate of drug-likeness (QED) is 0.513. The summed E-state index contributed by atoms with van der Waals surface area (Å²) in [5, 5.41) is 3.25. The molecule has 1 aromatic rings. The molecule has 0 radical (unpaired) electrons. The second-order valence-electron chi connectivity index (χ2n) is 5.34. The summed E-state index contributed by atoms with van der Waals surface area (Å²) in [5.41, 5.74) is 2.49. The minimum absolute atomic E-state index is 0.0993. The van der Waals surface area contributed by atoms with Crippen molar-refractivity contribution in [1.82, 2.24) is 15.0 Å². The van der Waals surface area contributed by atoms with Gasteiger partial charge in [0.05, 0.1) is 13.2 Å². The van der Waals surface area contributed by atoms with Crippen molar-refractivity contribution in [3.05, 3.63) is 0 Å². The van der Waals surface area contributed by atoms with E-state index < -0.39 is 0 Å². The molecule has 0 atom stereocenters. The van der Waals surface area contributed by atoms with Crippen molar-refractivity contribution < 1.29 is 4.74 Å². The van der Waals surface area contributed by atoms with Crippen LogP contribution in [-0.4, -0.2) is 58.8 Å². The van der Waals surface area contributed by atoms with Crippen LogP contribution in [-0.2, 0) is 4.74 Å². The molecule has 0 spiro atoms. The fourth-order valence-corrected chi connectivity index (χ4v) is 1.99. The molecule has 21 heavy (non-hydrogen) atoms. The van der Waals surface area contributed by atoms with Crippen LogP contribution < -0.4 is 21.5 Å². The fraction of sp³-hybridized carbons (Fsp3) is 0.750. The fourth-order valence-electron chi connectivity index (χ4n) is 1.78. The van der Waals surface area contributed by atoms with E-state index in [2.05, 4.69) is 50.7 Å². The third-order valence-electron chi connectivity index (χ3n) is 3.27. The first-order valence-electron chi connectivity index (χ1n) is 6.88. The van der Waals surface area contributed by atoms with Crippen molar-refractivity contribution in [3.8, 4) is 0 Å². The predicted octanol–water partition coefficient (Wildman–Crippen LogP) is 0.547. The van der Waals surface area contributed by atoms with Gasteiger partial charge in [0.25, 0.3) is 0 Å². The number of thioether (sulfide) groups is 1. The van der Waals surface area contributed by atoms with E-state index in [1.165, 1.54) is 0 Å². The second kappa shape index (κ2) is 7.10. The number of nitrogens with two attached hydrogens (primary N) is 1. The Morgan fingerprint density at radius 2 is 1.90 bits per heavy atom. The van der Waals surface area contributed by atoms with Gasteiger partial charge in [-0.2, -0.15) is 26.7 Å². The van der Waals surface area contributed by atoms with Crippen LogP contribution in [0.25, 0.3) is 0 Å². The van der Waals surface area contributed by atoms with Crippen LogP contribution in [0.3, 0.4) is 0 Å². The van der Waals surface area contributed by atoms with Gasteiger partial charge in [-0.1, -0.05) is 0 Å². The first-order valence-corrected chi connectivity index (χ1v) is 8.11. The third kappa shape index (κ3) is 4.58. The van der Waals surface area contributed by atoms with Gasteiger partial charge in [0.15, 0.2) is 0 Å². The molecule has 4 N–H and O–H groups in total. The topological polar surface area (TPSA) is 101 Å². The molecule has 2 heterocycles. The van der Waals surface area contributed by atoms with Crippen molar-refractivity contribution in [1.29, 1.82) is 0 Å². The lowest BCUT2D eigenvalue weighted by atomic mass is 10.2. The molecule has 0 aromatic carbocycles. The molecule has 0 saturated carbocycles. The number of nitrogens with zero attached hydrogens (tertiary/aromatic N) is 4. The zero-order valence-electron chi connectivity index (χ0n) is 12.7. The molecule has 1 aromatic heterocycles. The van der Waals surface area contributed by atoms with E-state index in [0.717, 1.165) is 19.6 Å². The van der Waals surface area contributed by atoms with Gasteiger partial charge in [0.2, 0.25) is 17.8 Å². The lowest BCUT2D eigenvalue weighted by Crippen LogP contribution is -2.38. The Morgan fingerprint density at radius 3 is 2.52 bits per heavy atom. The summed E-state index contributed by atoms with van der Waals surface area (Å²) < 4.78 is 5.44. The van der Waals surface area contributed by atoms with E-state index in [0.29, 0.717) is 31.1 Å². The highest BCUT2D eigenvalue weighted by Gasteiger charge is 2.19. The molecule has 118 valence electrons. The van der Waals surface area contributed by atoms with Crippen molar-refractivity contribution >= 4 is 29.6 Å². The number of ether oxygens (including phenoxy) is 1. The smallest absolute Gasteiger partial charge is 0.243 e. The highest BCUT2D eigenvalue weighted by Crippen LogP contribution is 2.22. The Morgan fingerprint density at radius 1 is 1.24 bits per heavy atom. The first-order chi connectivity index (χ1) is 10.0. The number of nitrogens with one attached hydrogen (secondary N) is 2. The van der Waals surface area contributed by atoms with E-state index in [4.69, 9.17) is 10.6 Å². The normalized spacial score (nSPS) is 15.9. The highest BCUT2D eigenvalue weighted by molar-refractivity contribution is 7.99. The molecule has 1 fully saturated rings. The summed E-state index contributed by atoms with van der Waals surface area (Å²) in [6.45, 7) is 7.98. The van der Waals surface area contributed by atoms with E-state index in [1.807, 2.05) is 0 Å². The standard InChI is InChI=1S/C12H23N7OS/c1-12(2,21-3)8-14-9-15-10(18-13)17-11(16-9)19-4-6-20-7-5-19/h4-8,13H2,1-3H3,(H2,14,15,16,17,18). The zero-order valence-corrected chi connectivity index (χ0v) is 13.5. The van der Waals surface area contributed by atoms with Crippen LogP contribution in [0, 0.1) is 0 Å². The summed E-state index contributed by atoms with van der Waals surface area (Å²) in [4.78, 5) is 15.1. The summed E-state index contributed by atoms with van der Waals surface area (Å²) >= 11 is 1.79. The number of hydrogen-bond donors (Lipinski definition) is 3. The minimum atomic E-state index is 0.0993. The van der Waals surface area contributed by atoms with Gasteiger partial charge in [-0.25, -0.2) is 5.84 Å². The van der Waals surface area contributed by atoms with E-state index in [1.54, 1.807) is 11.8 Å². The van der Waals surface area contributed by atoms with Crippen LogP contribution in [0.15, 0.2) is 0 Å². The van der Waals surface area contributed by atoms with Gasteiger partial charge in [-0.15, -0.1) is 0 Å². The van der Waals surface area contributed by atoms with Gasteiger partial charge in [-0.05, 0) is 20.1 Å². The SMILES string of the molecule is CSC(C)(C)CNc1nc(NN)nc(N2CCOCC2)n1. The number of morpholine rings is 1. The first kappa shape index (κ1) is 16.1. The average molecular weight is 313 g/mol. The van der Waals surface area contributed by atoms with Gasteiger partial charge < -0.3 is 15.0 Å². The second-order valence-corrected chi connectivity index (χ2v) is 6.86. The van der Waals surface area contributed by atoms with Gasteiger partial charge in [0, 0.05) is 24.4 Å². The van der Waals surface area contributed by atoms with E-state index in [9.17, 15) is 0 Å². The molecule has 0 aliphatic carbocycles. The Kier molecular flexibility index (Phi) is 5.43. The molecule has 0 amide bonds. The molecule has 0 unspecified atom stereocenters. The van der Waals surface area contributed by atoms with Crippen LogP contribution in [0.5, 0.6) is 0 Å². The van der Waals surface area contributed by atoms with Gasteiger partial charge in [-0.3, -0.25) is 5.43 Å². The molecule has 1 aliphatic heterocycles.